The Labute approximate surface area is 178 Å². The minimum absolute atomic E-state index is 0.0912. The number of methoxy groups -OCH3 is 1. The number of fused-ring (bicyclic) bond motifs is 3. The van der Waals surface area contributed by atoms with Gasteiger partial charge in [0.25, 0.3) is 5.56 Å². The molecule has 0 saturated heterocycles. The first-order valence-corrected chi connectivity index (χ1v) is 9.93. The van der Waals surface area contributed by atoms with Crippen molar-refractivity contribution >= 4 is 28.9 Å². The minimum atomic E-state index is -0.0912. The van der Waals surface area contributed by atoms with Gasteiger partial charge in [-0.1, -0.05) is 12.1 Å². The molecule has 4 rings (SSSR count). The Bertz CT molecular complexity index is 1310. The smallest absolute Gasteiger partial charge is 0.262 e. The molecule has 0 fully saturated rings. The third kappa shape index (κ3) is 3.69. The quantitative estimate of drug-likeness (QED) is 0.424. The summed E-state index contributed by atoms with van der Waals surface area (Å²) in [4.78, 5) is 14.7. The molecule has 2 heterocycles. The number of hydrogen-bond donors (Lipinski definition) is 0. The van der Waals surface area contributed by atoms with Gasteiger partial charge in [-0.15, -0.1) is 5.10 Å². The summed E-state index contributed by atoms with van der Waals surface area (Å²) in [6.07, 6.45) is 0. The van der Waals surface area contributed by atoms with Gasteiger partial charge in [0, 0.05) is 13.6 Å². The number of rotatable bonds is 7. The molecular formula is C21H23N5O3S. The maximum absolute atomic E-state index is 12.6. The summed E-state index contributed by atoms with van der Waals surface area (Å²) in [5, 5.41) is 5.21. The van der Waals surface area contributed by atoms with E-state index < -0.39 is 0 Å². The molecular weight excluding hydrogens is 402 g/mol. The second kappa shape index (κ2) is 8.29. The van der Waals surface area contributed by atoms with Crippen LogP contribution < -0.4 is 15.0 Å². The molecule has 0 aliphatic heterocycles. The highest BCUT2D eigenvalue weighted by Crippen LogP contribution is 2.17. The van der Waals surface area contributed by atoms with Crippen LogP contribution in [0, 0.1) is 4.77 Å². The first-order valence-electron chi connectivity index (χ1n) is 9.52. The van der Waals surface area contributed by atoms with Gasteiger partial charge in [0.2, 0.25) is 10.5 Å². The SMILES string of the molecule is COc1ccc(OCCN(C)Cn2nc3n(C)c(=O)c4ccccc4n3c2=S)cc1. The fraction of sp³-hybridized carbons (Fsp3) is 0.286. The Hall–Kier alpha value is -3.17. The third-order valence-corrected chi connectivity index (χ3v) is 5.37. The van der Waals surface area contributed by atoms with Gasteiger partial charge in [-0.05, 0) is 55.7 Å². The molecule has 8 nitrogen and oxygen atoms in total. The lowest BCUT2D eigenvalue weighted by molar-refractivity contribution is 0.198. The van der Waals surface area contributed by atoms with Gasteiger partial charge in [0.15, 0.2) is 0 Å². The molecule has 0 N–H and O–H groups in total. The predicted octanol–water partition coefficient (Wildman–Crippen LogP) is 2.69. The highest BCUT2D eigenvalue weighted by Gasteiger charge is 2.14. The number of nitrogens with zero attached hydrogens (tertiary/aromatic N) is 5. The molecule has 0 saturated carbocycles. The van der Waals surface area contributed by atoms with Crippen molar-refractivity contribution in [1.82, 2.24) is 23.6 Å². The Balaban J connectivity index is 1.51. The first kappa shape index (κ1) is 20.1. The van der Waals surface area contributed by atoms with Crippen LogP contribution in [0.3, 0.4) is 0 Å². The first-order chi connectivity index (χ1) is 14.5. The van der Waals surface area contributed by atoms with E-state index in [9.17, 15) is 4.79 Å². The van der Waals surface area contributed by atoms with Crippen molar-refractivity contribution in [2.75, 3.05) is 27.3 Å². The molecule has 2 aromatic carbocycles. The van der Waals surface area contributed by atoms with Crippen LogP contribution in [0.2, 0.25) is 0 Å². The van der Waals surface area contributed by atoms with E-state index in [1.165, 1.54) is 4.57 Å². The van der Waals surface area contributed by atoms with E-state index in [-0.39, 0.29) is 5.56 Å². The average molecular weight is 426 g/mol. The second-order valence-electron chi connectivity index (χ2n) is 7.04. The number of aryl methyl sites for hydroxylation is 1. The van der Waals surface area contributed by atoms with E-state index in [1.54, 1.807) is 24.9 Å². The Morgan fingerprint density at radius 2 is 1.80 bits per heavy atom. The Morgan fingerprint density at radius 1 is 1.10 bits per heavy atom. The third-order valence-electron chi connectivity index (χ3n) is 4.98. The summed E-state index contributed by atoms with van der Waals surface area (Å²) in [6.45, 7) is 1.68. The molecule has 0 radical (unpaired) electrons. The fourth-order valence-corrected chi connectivity index (χ4v) is 3.61. The van der Waals surface area contributed by atoms with E-state index in [2.05, 4.69) is 10.00 Å². The summed E-state index contributed by atoms with van der Waals surface area (Å²) < 4.78 is 16.6. The number of likely N-dealkylation sites (N-methyl/N-ethyl adjacent to an activating group) is 1. The summed E-state index contributed by atoms with van der Waals surface area (Å²) in [5.74, 6) is 2.10. The summed E-state index contributed by atoms with van der Waals surface area (Å²) >= 11 is 5.67. The van der Waals surface area contributed by atoms with Crippen molar-refractivity contribution < 1.29 is 9.47 Å². The lowest BCUT2D eigenvalue weighted by Gasteiger charge is -2.16. The molecule has 0 spiro atoms. The van der Waals surface area contributed by atoms with Crippen molar-refractivity contribution in [2.45, 2.75) is 6.67 Å². The van der Waals surface area contributed by atoms with Crippen LogP contribution in [0.4, 0.5) is 0 Å². The summed E-state index contributed by atoms with van der Waals surface area (Å²) in [5.41, 5.74) is 0.670. The molecule has 2 aromatic heterocycles. The second-order valence-corrected chi connectivity index (χ2v) is 7.41. The highest BCUT2D eigenvalue weighted by atomic mass is 32.1. The molecule has 0 amide bonds. The summed E-state index contributed by atoms with van der Waals surface area (Å²) in [6, 6.07) is 14.9. The standard InChI is InChI=1S/C21H23N5O3S/c1-23(12-13-29-16-10-8-15(28-3)9-11-16)14-25-21(30)26-18-7-5-4-6-17(18)19(27)24(2)20(26)22-25/h4-11H,12-14H2,1-3H3. The molecule has 4 aromatic rings. The normalized spacial score (nSPS) is 11.5. The molecule has 0 aliphatic rings. The Kier molecular flexibility index (Phi) is 5.56. The topological polar surface area (TPSA) is 65.9 Å². The van der Waals surface area contributed by atoms with Gasteiger partial charge in [-0.25, -0.2) is 4.68 Å². The lowest BCUT2D eigenvalue weighted by Crippen LogP contribution is -2.27. The molecule has 30 heavy (non-hydrogen) atoms. The maximum Gasteiger partial charge on any atom is 0.262 e. The van der Waals surface area contributed by atoms with E-state index in [1.807, 2.05) is 53.9 Å². The number of para-hydroxylation sites is 1. The molecule has 9 heteroatoms. The fourth-order valence-electron chi connectivity index (χ4n) is 3.33. The summed E-state index contributed by atoms with van der Waals surface area (Å²) in [7, 11) is 5.32. The van der Waals surface area contributed by atoms with E-state index in [0.29, 0.717) is 35.8 Å². The van der Waals surface area contributed by atoms with Crippen LogP contribution in [-0.2, 0) is 13.7 Å². The molecule has 0 aliphatic carbocycles. The van der Waals surface area contributed by atoms with Crippen molar-refractivity contribution in [2.24, 2.45) is 7.05 Å². The number of ether oxygens (including phenoxy) is 2. The van der Waals surface area contributed by atoms with Gasteiger partial charge in [0.05, 0.1) is 24.7 Å². The average Bonchev–Trinajstić information content (AvgIpc) is 3.08. The van der Waals surface area contributed by atoms with Crippen molar-refractivity contribution in [3.63, 3.8) is 0 Å². The van der Waals surface area contributed by atoms with Crippen LogP contribution in [-0.4, -0.2) is 51.0 Å². The van der Waals surface area contributed by atoms with Crippen molar-refractivity contribution in [3.8, 4) is 11.5 Å². The van der Waals surface area contributed by atoms with Crippen LogP contribution in [0.25, 0.3) is 16.7 Å². The van der Waals surface area contributed by atoms with E-state index >= 15 is 0 Å². The van der Waals surface area contributed by atoms with E-state index in [4.69, 9.17) is 21.7 Å². The molecule has 156 valence electrons. The Morgan fingerprint density at radius 3 is 2.53 bits per heavy atom. The van der Waals surface area contributed by atoms with Crippen molar-refractivity contribution in [1.29, 1.82) is 0 Å². The van der Waals surface area contributed by atoms with Crippen LogP contribution in [0.15, 0.2) is 53.3 Å². The number of benzene rings is 2. The lowest BCUT2D eigenvalue weighted by atomic mass is 10.2. The monoisotopic (exact) mass is 425 g/mol. The predicted molar refractivity (Wildman–Crippen MR) is 118 cm³/mol. The van der Waals surface area contributed by atoms with Gasteiger partial charge in [0.1, 0.15) is 18.1 Å². The minimum Gasteiger partial charge on any atom is -0.497 e. The van der Waals surface area contributed by atoms with E-state index in [0.717, 1.165) is 17.0 Å². The van der Waals surface area contributed by atoms with Crippen molar-refractivity contribution in [3.05, 3.63) is 63.7 Å². The zero-order chi connectivity index (χ0) is 21.3. The highest BCUT2D eigenvalue weighted by molar-refractivity contribution is 7.71. The molecule has 0 atom stereocenters. The molecule has 0 unspecified atom stereocenters. The number of hydrogen-bond acceptors (Lipinski definition) is 6. The number of aromatic nitrogens is 4. The van der Waals surface area contributed by atoms with Gasteiger partial charge < -0.3 is 9.47 Å². The van der Waals surface area contributed by atoms with Gasteiger partial charge in [-0.2, -0.15) is 0 Å². The largest absolute Gasteiger partial charge is 0.497 e. The van der Waals surface area contributed by atoms with Gasteiger partial charge in [-0.3, -0.25) is 18.7 Å². The zero-order valence-electron chi connectivity index (χ0n) is 17.1. The van der Waals surface area contributed by atoms with Crippen LogP contribution in [0.5, 0.6) is 11.5 Å². The van der Waals surface area contributed by atoms with Crippen LogP contribution in [0.1, 0.15) is 0 Å². The zero-order valence-corrected chi connectivity index (χ0v) is 17.9. The maximum atomic E-state index is 12.6. The van der Waals surface area contributed by atoms with Crippen LogP contribution >= 0.6 is 12.2 Å². The van der Waals surface area contributed by atoms with Gasteiger partial charge >= 0.3 is 0 Å². The molecule has 0 bridgehead atoms.